The van der Waals surface area contributed by atoms with E-state index in [4.69, 9.17) is 0 Å². The maximum Gasteiger partial charge on any atom is 0.142 e. The van der Waals surface area contributed by atoms with Crippen LogP contribution in [0.2, 0.25) is 0 Å². The van der Waals surface area contributed by atoms with Crippen LogP contribution < -0.4 is 5.32 Å². The van der Waals surface area contributed by atoms with E-state index in [9.17, 15) is 4.79 Å². The lowest BCUT2D eigenvalue weighted by Crippen LogP contribution is -2.14. The number of nitrogens with one attached hydrogen (secondary N) is 1. The molecule has 0 saturated heterocycles. The normalized spacial score (nSPS) is 17.7. The molecule has 1 aliphatic rings. The lowest BCUT2D eigenvalue weighted by atomic mass is 9.93. The van der Waals surface area contributed by atoms with Gasteiger partial charge < -0.3 is 5.32 Å². The zero-order valence-electron chi connectivity index (χ0n) is 9.62. The van der Waals surface area contributed by atoms with Crippen molar-refractivity contribution in [2.75, 3.05) is 11.9 Å². The molecule has 0 bridgehead atoms. The Morgan fingerprint density at radius 1 is 1.44 bits per heavy atom. The third kappa shape index (κ3) is 2.16. The highest BCUT2D eigenvalue weighted by Gasteiger charge is 2.27. The van der Waals surface area contributed by atoms with Crippen molar-refractivity contribution < 1.29 is 4.79 Å². The molecule has 0 aromatic heterocycles. The molecular formula is C14H17NO. The number of ketones is 1. The fourth-order valence-electron chi connectivity index (χ4n) is 2.08. The predicted molar refractivity (Wildman–Crippen MR) is 66.7 cm³/mol. The number of allylic oxidation sites excluding steroid dienone is 1. The number of anilines is 1. The number of carbonyl (C=O) groups excluding carboxylic acids is 1. The van der Waals surface area contributed by atoms with Gasteiger partial charge in [0.15, 0.2) is 0 Å². The van der Waals surface area contributed by atoms with Crippen LogP contribution in [0.3, 0.4) is 0 Å². The van der Waals surface area contributed by atoms with Gasteiger partial charge in [0.05, 0.1) is 5.92 Å². The fraction of sp³-hybridized carbons (Fsp3) is 0.357. The second kappa shape index (κ2) is 4.52. The Hall–Kier alpha value is -1.57. The summed E-state index contributed by atoms with van der Waals surface area (Å²) in [7, 11) is 0. The van der Waals surface area contributed by atoms with E-state index in [2.05, 4.69) is 11.9 Å². The highest BCUT2D eigenvalue weighted by atomic mass is 16.1. The molecule has 2 rings (SSSR count). The minimum absolute atomic E-state index is 0.0375. The molecule has 2 nitrogen and oxygen atoms in total. The minimum Gasteiger partial charge on any atom is -0.384 e. The van der Waals surface area contributed by atoms with Gasteiger partial charge in [-0.3, -0.25) is 4.79 Å². The Morgan fingerprint density at radius 2 is 2.19 bits per heavy atom. The molecule has 0 saturated carbocycles. The SMILES string of the molecule is C=C(C)CCC(=O)C1CNc2ccccc21. The van der Waals surface area contributed by atoms with Crippen molar-refractivity contribution in [3.63, 3.8) is 0 Å². The molecule has 1 N–H and O–H groups in total. The third-order valence-corrected chi connectivity index (χ3v) is 3.02. The van der Waals surface area contributed by atoms with Crippen molar-refractivity contribution >= 4 is 11.5 Å². The lowest BCUT2D eigenvalue weighted by molar-refractivity contribution is -0.120. The summed E-state index contributed by atoms with van der Waals surface area (Å²) >= 11 is 0. The van der Waals surface area contributed by atoms with Gasteiger partial charge >= 0.3 is 0 Å². The van der Waals surface area contributed by atoms with Gasteiger partial charge in [0.1, 0.15) is 5.78 Å². The number of fused-ring (bicyclic) bond motifs is 1. The van der Waals surface area contributed by atoms with E-state index in [1.54, 1.807) is 0 Å². The second-order valence-corrected chi connectivity index (χ2v) is 4.44. The van der Waals surface area contributed by atoms with Crippen LogP contribution in [0.25, 0.3) is 0 Å². The van der Waals surface area contributed by atoms with Crippen LogP contribution in [-0.2, 0) is 4.79 Å². The molecule has 1 unspecified atom stereocenters. The van der Waals surface area contributed by atoms with Crippen LogP contribution >= 0.6 is 0 Å². The summed E-state index contributed by atoms with van der Waals surface area (Å²) in [6.45, 7) is 6.54. The summed E-state index contributed by atoms with van der Waals surface area (Å²) < 4.78 is 0. The first kappa shape index (κ1) is 10.9. The molecule has 0 amide bonds. The first-order valence-corrected chi connectivity index (χ1v) is 5.68. The van der Waals surface area contributed by atoms with Crippen LogP contribution in [0, 0.1) is 0 Å². The molecule has 1 aromatic carbocycles. The van der Waals surface area contributed by atoms with Crippen molar-refractivity contribution in [3.05, 3.63) is 42.0 Å². The quantitative estimate of drug-likeness (QED) is 0.782. The van der Waals surface area contributed by atoms with Crippen LogP contribution in [0.15, 0.2) is 36.4 Å². The van der Waals surface area contributed by atoms with Gasteiger partial charge in [-0.1, -0.05) is 23.8 Å². The van der Waals surface area contributed by atoms with Crippen LogP contribution in [0.1, 0.15) is 31.2 Å². The number of carbonyl (C=O) groups is 1. The van der Waals surface area contributed by atoms with E-state index in [1.807, 2.05) is 31.2 Å². The molecular weight excluding hydrogens is 198 g/mol. The Balaban J connectivity index is 2.07. The average molecular weight is 215 g/mol. The number of para-hydroxylation sites is 1. The summed E-state index contributed by atoms with van der Waals surface area (Å²) in [5.74, 6) is 0.357. The van der Waals surface area contributed by atoms with Gasteiger partial charge in [0.25, 0.3) is 0 Å². The summed E-state index contributed by atoms with van der Waals surface area (Å²) in [6, 6.07) is 8.05. The number of hydrogen-bond donors (Lipinski definition) is 1. The van der Waals surface area contributed by atoms with E-state index in [0.717, 1.165) is 29.8 Å². The number of Topliss-reactive ketones (excluding diaryl/α,β-unsaturated/α-hetero) is 1. The summed E-state index contributed by atoms with van der Waals surface area (Å²) in [5, 5.41) is 3.28. The van der Waals surface area contributed by atoms with E-state index >= 15 is 0 Å². The maximum absolute atomic E-state index is 12.0. The molecule has 16 heavy (non-hydrogen) atoms. The Labute approximate surface area is 96.4 Å². The monoisotopic (exact) mass is 215 g/mol. The topological polar surface area (TPSA) is 29.1 Å². The summed E-state index contributed by atoms with van der Waals surface area (Å²) in [5.41, 5.74) is 3.33. The van der Waals surface area contributed by atoms with Gasteiger partial charge in [-0.2, -0.15) is 0 Å². The van der Waals surface area contributed by atoms with Crippen molar-refractivity contribution in [1.29, 1.82) is 0 Å². The van der Waals surface area contributed by atoms with Crippen molar-refractivity contribution in [3.8, 4) is 0 Å². The van der Waals surface area contributed by atoms with Gasteiger partial charge in [0.2, 0.25) is 0 Å². The van der Waals surface area contributed by atoms with Gasteiger partial charge in [-0.15, -0.1) is 6.58 Å². The van der Waals surface area contributed by atoms with Crippen LogP contribution in [0.4, 0.5) is 5.69 Å². The van der Waals surface area contributed by atoms with Gasteiger partial charge in [-0.25, -0.2) is 0 Å². The van der Waals surface area contributed by atoms with Crippen molar-refractivity contribution in [2.45, 2.75) is 25.7 Å². The largest absolute Gasteiger partial charge is 0.384 e. The molecule has 0 aliphatic carbocycles. The molecule has 0 radical (unpaired) electrons. The molecule has 1 heterocycles. The van der Waals surface area contributed by atoms with Crippen LogP contribution in [0.5, 0.6) is 0 Å². The molecule has 1 aromatic rings. The first-order valence-electron chi connectivity index (χ1n) is 5.68. The van der Waals surface area contributed by atoms with E-state index in [-0.39, 0.29) is 5.92 Å². The zero-order valence-corrected chi connectivity index (χ0v) is 9.62. The first-order chi connectivity index (χ1) is 7.68. The minimum atomic E-state index is 0.0375. The standard InChI is InChI=1S/C14H17NO/c1-10(2)7-8-14(16)12-9-15-13-6-4-3-5-11(12)13/h3-6,12,15H,1,7-9H2,2H3. The molecule has 2 heteroatoms. The molecule has 1 atom stereocenters. The Morgan fingerprint density at radius 3 is 2.94 bits per heavy atom. The number of rotatable bonds is 4. The highest BCUT2D eigenvalue weighted by molar-refractivity contribution is 5.89. The smallest absolute Gasteiger partial charge is 0.142 e. The number of hydrogen-bond acceptors (Lipinski definition) is 2. The average Bonchev–Trinajstić information content (AvgIpc) is 2.69. The molecule has 0 spiro atoms. The van der Waals surface area contributed by atoms with Gasteiger partial charge in [0, 0.05) is 18.7 Å². The third-order valence-electron chi connectivity index (χ3n) is 3.02. The van der Waals surface area contributed by atoms with E-state index < -0.39 is 0 Å². The maximum atomic E-state index is 12.0. The van der Waals surface area contributed by atoms with Crippen molar-refractivity contribution in [1.82, 2.24) is 0 Å². The molecule has 0 fully saturated rings. The lowest BCUT2D eigenvalue weighted by Gasteiger charge is -2.08. The van der Waals surface area contributed by atoms with E-state index in [1.165, 1.54) is 0 Å². The second-order valence-electron chi connectivity index (χ2n) is 4.44. The van der Waals surface area contributed by atoms with Crippen molar-refractivity contribution in [2.24, 2.45) is 0 Å². The predicted octanol–water partition coefficient (Wildman–Crippen LogP) is 3.12. The fourth-order valence-corrected chi connectivity index (χ4v) is 2.08. The van der Waals surface area contributed by atoms with Crippen LogP contribution in [-0.4, -0.2) is 12.3 Å². The number of benzene rings is 1. The summed E-state index contributed by atoms with van der Waals surface area (Å²) in [6.07, 6.45) is 1.41. The molecule has 84 valence electrons. The Bertz CT molecular complexity index is 422. The van der Waals surface area contributed by atoms with E-state index in [0.29, 0.717) is 12.2 Å². The van der Waals surface area contributed by atoms with Gasteiger partial charge in [-0.05, 0) is 25.0 Å². The summed E-state index contributed by atoms with van der Waals surface area (Å²) in [4.78, 5) is 12.0. The highest BCUT2D eigenvalue weighted by Crippen LogP contribution is 2.32. The molecule has 1 aliphatic heterocycles. The zero-order chi connectivity index (χ0) is 11.5. The Kier molecular flexibility index (Phi) is 3.09.